The fourth-order valence-electron chi connectivity index (χ4n) is 2.64. The molecule has 0 amide bonds. The molecule has 1 atom stereocenters. The Bertz CT molecular complexity index is 415. The summed E-state index contributed by atoms with van der Waals surface area (Å²) < 4.78 is 0. The second-order valence-electron chi connectivity index (χ2n) is 5.24. The molecule has 1 aliphatic heterocycles. The van der Waals surface area contributed by atoms with Crippen molar-refractivity contribution in [2.24, 2.45) is 0 Å². The molecule has 0 saturated carbocycles. The molecule has 106 valence electrons. The van der Waals surface area contributed by atoms with E-state index in [1.54, 1.807) is 0 Å². The lowest BCUT2D eigenvalue weighted by Gasteiger charge is -2.31. The van der Waals surface area contributed by atoms with Gasteiger partial charge in [-0.3, -0.25) is 0 Å². The van der Waals surface area contributed by atoms with Gasteiger partial charge in [-0.05, 0) is 32.4 Å². The van der Waals surface area contributed by atoms with Gasteiger partial charge in [0.25, 0.3) is 0 Å². The number of nitrogens with zero attached hydrogens (tertiary/aromatic N) is 1. The summed E-state index contributed by atoms with van der Waals surface area (Å²) in [6.07, 6.45) is 1.44. The second-order valence-corrected chi connectivity index (χ2v) is 5.24. The maximum Gasteiger partial charge on any atom is 0.122 e. The number of phenolic OH excluding ortho intramolecular Hbond substituents is 1. The van der Waals surface area contributed by atoms with E-state index in [2.05, 4.69) is 30.1 Å². The summed E-state index contributed by atoms with van der Waals surface area (Å²) in [7, 11) is 0. The molecular formula is C15H24N2O2. The monoisotopic (exact) mass is 264 g/mol. The molecule has 4 heteroatoms. The standard InChI is InChI=1S/C15H24N2O2/c1-3-16-11(2)14-5-4-12(10-15(14)19)17-8-6-13(18)7-9-17/h4-5,10-11,13,16,18-19H,3,6-9H2,1-2H3. The SMILES string of the molecule is CCNC(C)c1ccc(N2CCC(O)CC2)cc1O. The van der Waals surface area contributed by atoms with Crippen LogP contribution in [0.25, 0.3) is 0 Å². The van der Waals surface area contributed by atoms with Gasteiger partial charge in [-0.15, -0.1) is 0 Å². The van der Waals surface area contributed by atoms with Gasteiger partial charge in [-0.2, -0.15) is 0 Å². The molecule has 1 fully saturated rings. The number of benzene rings is 1. The first-order valence-electron chi connectivity index (χ1n) is 7.11. The molecule has 3 N–H and O–H groups in total. The second kappa shape index (κ2) is 6.26. The molecule has 0 aliphatic carbocycles. The number of aliphatic hydroxyl groups excluding tert-OH is 1. The third-order valence-corrected chi connectivity index (χ3v) is 3.82. The van der Waals surface area contributed by atoms with Gasteiger partial charge >= 0.3 is 0 Å². The van der Waals surface area contributed by atoms with Crippen molar-refractivity contribution in [3.8, 4) is 5.75 Å². The number of aromatic hydroxyl groups is 1. The van der Waals surface area contributed by atoms with E-state index < -0.39 is 0 Å². The van der Waals surface area contributed by atoms with Crippen LogP contribution in [0.1, 0.15) is 38.3 Å². The van der Waals surface area contributed by atoms with Gasteiger partial charge in [-0.1, -0.05) is 13.0 Å². The molecule has 0 spiro atoms. The van der Waals surface area contributed by atoms with E-state index >= 15 is 0 Å². The summed E-state index contributed by atoms with van der Waals surface area (Å²) in [6.45, 7) is 6.69. The van der Waals surface area contributed by atoms with E-state index in [0.717, 1.165) is 43.7 Å². The van der Waals surface area contributed by atoms with Crippen LogP contribution in [0.15, 0.2) is 18.2 Å². The third kappa shape index (κ3) is 3.39. The predicted molar refractivity (Wildman–Crippen MR) is 77.7 cm³/mol. The normalized spacial score (nSPS) is 18.6. The molecule has 1 aliphatic rings. The smallest absolute Gasteiger partial charge is 0.122 e. The number of piperidine rings is 1. The van der Waals surface area contributed by atoms with E-state index in [9.17, 15) is 10.2 Å². The zero-order valence-corrected chi connectivity index (χ0v) is 11.8. The van der Waals surface area contributed by atoms with Crippen molar-refractivity contribution in [2.75, 3.05) is 24.5 Å². The number of hydrogen-bond donors (Lipinski definition) is 3. The lowest BCUT2D eigenvalue weighted by molar-refractivity contribution is 0.145. The highest BCUT2D eigenvalue weighted by atomic mass is 16.3. The summed E-state index contributed by atoms with van der Waals surface area (Å²) in [5.74, 6) is 0.345. The number of nitrogens with one attached hydrogen (secondary N) is 1. The zero-order valence-electron chi connectivity index (χ0n) is 11.8. The Kier molecular flexibility index (Phi) is 4.66. The molecule has 2 rings (SSSR count). The minimum Gasteiger partial charge on any atom is -0.508 e. The minimum absolute atomic E-state index is 0.155. The lowest BCUT2D eigenvalue weighted by atomic mass is 10.0. The molecular weight excluding hydrogens is 240 g/mol. The van der Waals surface area contributed by atoms with Crippen LogP contribution in [0.2, 0.25) is 0 Å². The Balaban J connectivity index is 2.10. The first kappa shape index (κ1) is 14.2. The van der Waals surface area contributed by atoms with Crippen LogP contribution < -0.4 is 10.2 Å². The van der Waals surface area contributed by atoms with Crippen molar-refractivity contribution in [3.05, 3.63) is 23.8 Å². The van der Waals surface area contributed by atoms with Crippen LogP contribution in [0.3, 0.4) is 0 Å². The van der Waals surface area contributed by atoms with Crippen molar-refractivity contribution in [2.45, 2.75) is 38.8 Å². The van der Waals surface area contributed by atoms with Crippen LogP contribution in [0.4, 0.5) is 5.69 Å². The van der Waals surface area contributed by atoms with Crippen molar-refractivity contribution in [1.82, 2.24) is 5.32 Å². The van der Waals surface area contributed by atoms with Crippen LogP contribution in [-0.2, 0) is 0 Å². The van der Waals surface area contributed by atoms with Gasteiger partial charge < -0.3 is 20.4 Å². The fourth-order valence-corrected chi connectivity index (χ4v) is 2.64. The minimum atomic E-state index is -0.169. The van der Waals surface area contributed by atoms with Crippen LogP contribution in [0, 0.1) is 0 Å². The first-order valence-corrected chi connectivity index (χ1v) is 7.11. The predicted octanol–water partition coefficient (Wildman–Crippen LogP) is 2.02. The van der Waals surface area contributed by atoms with Gasteiger partial charge in [-0.25, -0.2) is 0 Å². The quantitative estimate of drug-likeness (QED) is 0.779. The fraction of sp³-hybridized carbons (Fsp3) is 0.600. The highest BCUT2D eigenvalue weighted by Gasteiger charge is 2.18. The van der Waals surface area contributed by atoms with E-state index in [-0.39, 0.29) is 12.1 Å². The summed E-state index contributed by atoms with van der Waals surface area (Å²) in [5.41, 5.74) is 1.97. The van der Waals surface area contributed by atoms with Crippen molar-refractivity contribution < 1.29 is 10.2 Å². The van der Waals surface area contributed by atoms with Gasteiger partial charge in [0.05, 0.1) is 6.10 Å². The average Bonchev–Trinajstić information content (AvgIpc) is 2.39. The highest BCUT2D eigenvalue weighted by molar-refractivity contribution is 5.54. The summed E-state index contributed by atoms with van der Waals surface area (Å²) >= 11 is 0. The van der Waals surface area contributed by atoms with Gasteiger partial charge in [0.1, 0.15) is 5.75 Å². The Morgan fingerprint density at radius 3 is 2.63 bits per heavy atom. The Labute approximate surface area is 115 Å². The maximum absolute atomic E-state index is 10.2. The number of hydrogen-bond acceptors (Lipinski definition) is 4. The number of aliphatic hydroxyl groups is 1. The number of phenols is 1. The maximum atomic E-state index is 10.2. The molecule has 1 unspecified atom stereocenters. The van der Waals surface area contributed by atoms with Gasteiger partial charge in [0.15, 0.2) is 0 Å². The zero-order chi connectivity index (χ0) is 13.8. The topological polar surface area (TPSA) is 55.7 Å². The molecule has 0 bridgehead atoms. The first-order chi connectivity index (χ1) is 9.11. The van der Waals surface area contributed by atoms with Crippen molar-refractivity contribution in [3.63, 3.8) is 0 Å². The lowest BCUT2D eigenvalue weighted by Crippen LogP contribution is -2.35. The molecule has 0 aromatic heterocycles. The van der Waals surface area contributed by atoms with Crippen LogP contribution in [0.5, 0.6) is 5.75 Å². The van der Waals surface area contributed by atoms with E-state index in [4.69, 9.17) is 0 Å². The molecule has 4 nitrogen and oxygen atoms in total. The number of rotatable bonds is 4. The molecule has 1 aromatic carbocycles. The van der Waals surface area contributed by atoms with Gasteiger partial charge in [0, 0.05) is 36.4 Å². The number of anilines is 1. The average molecular weight is 264 g/mol. The van der Waals surface area contributed by atoms with Gasteiger partial charge in [0.2, 0.25) is 0 Å². The molecule has 1 aromatic rings. The third-order valence-electron chi connectivity index (χ3n) is 3.82. The van der Waals surface area contributed by atoms with Crippen molar-refractivity contribution in [1.29, 1.82) is 0 Å². The summed E-state index contributed by atoms with van der Waals surface area (Å²) in [4.78, 5) is 2.22. The van der Waals surface area contributed by atoms with E-state index in [1.807, 2.05) is 12.1 Å². The molecule has 19 heavy (non-hydrogen) atoms. The Morgan fingerprint density at radius 2 is 2.05 bits per heavy atom. The Morgan fingerprint density at radius 1 is 1.37 bits per heavy atom. The van der Waals surface area contributed by atoms with E-state index in [0.29, 0.717) is 5.75 Å². The summed E-state index contributed by atoms with van der Waals surface area (Å²) in [5, 5.41) is 23.0. The highest BCUT2D eigenvalue weighted by Crippen LogP contribution is 2.30. The van der Waals surface area contributed by atoms with E-state index in [1.165, 1.54) is 0 Å². The molecule has 1 saturated heterocycles. The van der Waals surface area contributed by atoms with Crippen LogP contribution >= 0.6 is 0 Å². The Hall–Kier alpha value is -1.26. The van der Waals surface area contributed by atoms with Crippen LogP contribution in [-0.4, -0.2) is 36.0 Å². The van der Waals surface area contributed by atoms with Crippen molar-refractivity contribution >= 4 is 5.69 Å². The molecule has 0 radical (unpaired) electrons. The summed E-state index contributed by atoms with van der Waals surface area (Å²) in [6, 6.07) is 6.03. The largest absolute Gasteiger partial charge is 0.508 e. The molecule has 1 heterocycles.